The van der Waals surface area contributed by atoms with E-state index in [1.807, 2.05) is 34.6 Å². The Bertz CT molecular complexity index is 885. The number of ether oxygens (including phenoxy) is 1. The van der Waals surface area contributed by atoms with Crippen LogP contribution in [0.4, 0.5) is 25.2 Å². The summed E-state index contributed by atoms with van der Waals surface area (Å²) in [5.41, 5.74) is -0.717. The van der Waals surface area contributed by atoms with Crippen molar-refractivity contribution in [2.24, 2.45) is 5.41 Å². The van der Waals surface area contributed by atoms with Gasteiger partial charge in [0.15, 0.2) is 0 Å². The van der Waals surface area contributed by atoms with E-state index < -0.39 is 23.0 Å². The van der Waals surface area contributed by atoms with Gasteiger partial charge in [-0.05, 0) is 39.0 Å². The highest BCUT2D eigenvalue weighted by molar-refractivity contribution is 5.96. The average Bonchev–Trinajstić information content (AvgIpc) is 2.80. The van der Waals surface area contributed by atoms with Gasteiger partial charge in [-0.15, -0.1) is 0 Å². The van der Waals surface area contributed by atoms with Crippen molar-refractivity contribution in [3.05, 3.63) is 11.9 Å². The first kappa shape index (κ1) is 23.3. The highest BCUT2D eigenvalue weighted by Crippen LogP contribution is 2.59. The van der Waals surface area contributed by atoms with Crippen molar-refractivity contribution in [1.82, 2.24) is 9.97 Å². The average molecular weight is 439 g/mol. The van der Waals surface area contributed by atoms with Crippen LogP contribution in [0, 0.1) is 5.41 Å². The van der Waals surface area contributed by atoms with Gasteiger partial charge < -0.3 is 9.64 Å². The molecule has 1 fully saturated rings. The normalized spacial score (nSPS) is 22.0. The van der Waals surface area contributed by atoms with Gasteiger partial charge in [0.05, 0.1) is 23.1 Å². The van der Waals surface area contributed by atoms with Gasteiger partial charge in [-0.1, -0.05) is 20.8 Å². The molecule has 172 valence electrons. The summed E-state index contributed by atoms with van der Waals surface area (Å²) in [5.74, 6) is -2.91. The van der Waals surface area contributed by atoms with Crippen molar-refractivity contribution in [1.29, 1.82) is 0 Å². The minimum atomic E-state index is -2.73. The van der Waals surface area contributed by atoms with Crippen LogP contribution in [0.2, 0.25) is 0 Å². The monoisotopic (exact) mass is 438 g/mol. The van der Waals surface area contributed by atoms with E-state index in [9.17, 15) is 18.4 Å². The van der Waals surface area contributed by atoms with Gasteiger partial charge in [0.25, 0.3) is 0 Å². The number of carbonyl (C=O) groups excluding carboxylic acids is 2. The van der Waals surface area contributed by atoms with Crippen molar-refractivity contribution in [3.63, 3.8) is 0 Å². The number of nitrogens with zero attached hydrogens (tertiary/aromatic N) is 3. The summed E-state index contributed by atoms with van der Waals surface area (Å²) >= 11 is 0. The molecular formula is C22H32F2N4O3. The topological polar surface area (TPSA) is 84.4 Å². The van der Waals surface area contributed by atoms with Crippen LogP contribution in [0.1, 0.15) is 79.8 Å². The lowest BCUT2D eigenvalue weighted by Gasteiger charge is -2.48. The molecule has 2 aliphatic rings. The SMILES string of the molecule is CC(=O)N1c2cnc(NC(=O)O[C@@H](C)C(C)(C)C)nc2C2(CCC(F)(F)CC2)C1(C)C. The minimum Gasteiger partial charge on any atom is -0.446 e. The van der Waals surface area contributed by atoms with Crippen LogP contribution in [0.5, 0.6) is 0 Å². The molecule has 9 heteroatoms. The fourth-order valence-corrected chi connectivity index (χ4v) is 4.67. The minimum absolute atomic E-state index is 0.0303. The number of halogens is 2. The molecule has 1 aromatic rings. The summed E-state index contributed by atoms with van der Waals surface area (Å²) in [5, 5.41) is 2.55. The molecule has 0 radical (unpaired) electrons. The van der Waals surface area contributed by atoms with Crippen molar-refractivity contribution in [3.8, 4) is 0 Å². The van der Waals surface area contributed by atoms with Crippen LogP contribution in [0.3, 0.4) is 0 Å². The Morgan fingerprint density at radius 2 is 1.77 bits per heavy atom. The molecule has 2 heterocycles. The molecule has 1 N–H and O–H groups in total. The Kier molecular flexibility index (Phi) is 5.56. The highest BCUT2D eigenvalue weighted by atomic mass is 19.3. The van der Waals surface area contributed by atoms with Crippen molar-refractivity contribution < 1.29 is 23.1 Å². The predicted molar refractivity (Wildman–Crippen MR) is 113 cm³/mol. The van der Waals surface area contributed by atoms with Crippen LogP contribution in [0.15, 0.2) is 6.20 Å². The third kappa shape index (κ3) is 3.99. The van der Waals surface area contributed by atoms with Crippen molar-refractivity contribution in [2.45, 2.75) is 97.1 Å². The Labute approximate surface area is 182 Å². The molecular weight excluding hydrogens is 406 g/mol. The molecule has 31 heavy (non-hydrogen) atoms. The number of aromatic nitrogens is 2. The van der Waals surface area contributed by atoms with Gasteiger partial charge in [-0.2, -0.15) is 0 Å². The molecule has 7 nitrogen and oxygen atoms in total. The summed E-state index contributed by atoms with van der Waals surface area (Å²) in [6.07, 6.45) is 0.264. The molecule has 1 aliphatic heterocycles. The molecule has 0 bridgehead atoms. The zero-order chi connectivity index (χ0) is 23.4. The van der Waals surface area contributed by atoms with Crippen molar-refractivity contribution >= 4 is 23.6 Å². The highest BCUT2D eigenvalue weighted by Gasteiger charge is 2.61. The molecule has 0 unspecified atom stereocenters. The number of alkyl halides is 2. The van der Waals surface area contributed by atoms with E-state index >= 15 is 0 Å². The number of rotatable bonds is 2. The van der Waals surface area contributed by atoms with E-state index in [2.05, 4.69) is 15.3 Å². The van der Waals surface area contributed by atoms with Gasteiger partial charge in [0.1, 0.15) is 6.10 Å². The number of hydrogen-bond donors (Lipinski definition) is 1. The predicted octanol–water partition coefficient (Wildman–Crippen LogP) is 5.05. The molecule has 1 saturated carbocycles. The number of carbonyl (C=O) groups is 2. The van der Waals surface area contributed by atoms with Gasteiger partial charge in [-0.25, -0.2) is 23.5 Å². The van der Waals surface area contributed by atoms with E-state index in [1.54, 1.807) is 11.8 Å². The van der Waals surface area contributed by atoms with Gasteiger partial charge in [-0.3, -0.25) is 10.1 Å². The van der Waals surface area contributed by atoms with Gasteiger partial charge in [0, 0.05) is 25.2 Å². The Balaban J connectivity index is 1.96. The fourth-order valence-electron chi connectivity index (χ4n) is 4.67. The second-order valence-corrected chi connectivity index (χ2v) is 10.3. The molecule has 2 amide bonds. The second-order valence-electron chi connectivity index (χ2n) is 10.3. The number of fused-ring (bicyclic) bond motifs is 2. The van der Waals surface area contributed by atoms with E-state index in [0.717, 1.165) is 0 Å². The fraction of sp³-hybridized carbons (Fsp3) is 0.727. The number of anilines is 2. The maximum atomic E-state index is 14.0. The Hall–Kier alpha value is -2.32. The molecule has 0 aromatic carbocycles. The molecule has 3 rings (SSSR count). The Morgan fingerprint density at radius 1 is 1.19 bits per heavy atom. The lowest BCUT2D eigenvalue weighted by molar-refractivity contribution is -0.118. The Morgan fingerprint density at radius 3 is 2.29 bits per heavy atom. The zero-order valence-electron chi connectivity index (χ0n) is 19.3. The summed E-state index contributed by atoms with van der Waals surface area (Å²) < 4.78 is 33.4. The van der Waals surface area contributed by atoms with E-state index in [0.29, 0.717) is 11.4 Å². The van der Waals surface area contributed by atoms with E-state index in [1.165, 1.54) is 13.1 Å². The maximum Gasteiger partial charge on any atom is 0.414 e. The van der Waals surface area contributed by atoms with Crippen molar-refractivity contribution in [2.75, 3.05) is 10.2 Å². The molecule has 0 saturated heterocycles. The smallest absolute Gasteiger partial charge is 0.414 e. The standard InChI is InChI=1S/C22H32F2N4O3/c1-13(19(3,4)5)31-18(30)27-17-25-12-15-16(26-17)21(8-10-22(23,24)11-9-21)20(6,7)28(15)14(2)29/h12-13H,8-11H2,1-7H3,(H,25,26,27,30)/t13-/m0/s1. The number of hydrogen-bond acceptors (Lipinski definition) is 5. The van der Waals surface area contributed by atoms with Crippen LogP contribution in [-0.2, 0) is 14.9 Å². The molecule has 1 atom stereocenters. The summed E-state index contributed by atoms with van der Waals surface area (Å²) in [6, 6.07) is 0. The number of nitrogens with one attached hydrogen (secondary N) is 1. The third-order valence-electron chi connectivity index (χ3n) is 7.06. The second kappa shape index (κ2) is 7.38. The third-order valence-corrected chi connectivity index (χ3v) is 7.06. The van der Waals surface area contributed by atoms with Gasteiger partial charge in [0.2, 0.25) is 17.8 Å². The maximum absolute atomic E-state index is 14.0. The molecule has 1 aromatic heterocycles. The first-order valence-electron chi connectivity index (χ1n) is 10.6. The number of amides is 2. The quantitative estimate of drug-likeness (QED) is 0.698. The first-order valence-corrected chi connectivity index (χ1v) is 10.6. The summed E-state index contributed by atoms with van der Waals surface area (Å²) in [7, 11) is 0. The van der Waals surface area contributed by atoms with Crippen LogP contribution >= 0.6 is 0 Å². The summed E-state index contributed by atoms with van der Waals surface area (Å²) in [4.78, 5) is 35.2. The zero-order valence-corrected chi connectivity index (χ0v) is 19.3. The van der Waals surface area contributed by atoms with Gasteiger partial charge >= 0.3 is 6.09 Å². The van der Waals surface area contributed by atoms with E-state index in [-0.39, 0.29) is 49.1 Å². The lowest BCUT2D eigenvalue weighted by atomic mass is 9.62. The molecule has 1 spiro atoms. The van der Waals surface area contributed by atoms with Crippen LogP contribution in [-0.4, -0.2) is 39.5 Å². The van der Waals surface area contributed by atoms with Crippen LogP contribution < -0.4 is 10.2 Å². The molecule has 1 aliphatic carbocycles. The van der Waals surface area contributed by atoms with Crippen LogP contribution in [0.25, 0.3) is 0 Å². The summed E-state index contributed by atoms with van der Waals surface area (Å²) in [6.45, 7) is 12.9. The lowest BCUT2D eigenvalue weighted by Crippen LogP contribution is -2.57. The first-order chi connectivity index (χ1) is 14.1. The largest absolute Gasteiger partial charge is 0.446 e. The van der Waals surface area contributed by atoms with E-state index in [4.69, 9.17) is 4.74 Å².